The van der Waals surface area contributed by atoms with Crippen molar-refractivity contribution in [3.63, 3.8) is 0 Å². The molecule has 0 spiro atoms. The number of para-hydroxylation sites is 1. The lowest BCUT2D eigenvalue weighted by Gasteiger charge is -2.28. The van der Waals surface area contributed by atoms with Gasteiger partial charge in [-0.25, -0.2) is 0 Å². The molecule has 86 valence electrons. The van der Waals surface area contributed by atoms with Crippen molar-refractivity contribution in [3.05, 3.63) is 30.3 Å². The first-order valence-electron chi connectivity index (χ1n) is 5.86. The molecule has 0 radical (unpaired) electrons. The van der Waals surface area contributed by atoms with E-state index in [2.05, 4.69) is 4.90 Å². The molecule has 1 aromatic carbocycles. The van der Waals surface area contributed by atoms with Gasteiger partial charge < -0.3 is 9.64 Å². The SMILES string of the molecule is N=C(COc1ccccc1)N1CCCCC1. The van der Waals surface area contributed by atoms with Crippen molar-refractivity contribution in [2.24, 2.45) is 0 Å². The maximum Gasteiger partial charge on any atom is 0.145 e. The predicted octanol–water partition coefficient (Wildman–Crippen LogP) is 2.53. The molecule has 3 heteroatoms. The monoisotopic (exact) mass is 218 g/mol. The highest BCUT2D eigenvalue weighted by Gasteiger charge is 2.13. The molecule has 0 amide bonds. The highest BCUT2D eigenvalue weighted by atomic mass is 16.5. The topological polar surface area (TPSA) is 36.3 Å². The van der Waals surface area contributed by atoms with E-state index in [1.54, 1.807) is 0 Å². The van der Waals surface area contributed by atoms with Crippen LogP contribution in [-0.4, -0.2) is 30.4 Å². The minimum absolute atomic E-state index is 0.379. The van der Waals surface area contributed by atoms with Crippen molar-refractivity contribution in [1.82, 2.24) is 4.90 Å². The quantitative estimate of drug-likeness (QED) is 0.625. The smallest absolute Gasteiger partial charge is 0.145 e. The molecule has 1 fully saturated rings. The third-order valence-electron chi connectivity index (χ3n) is 2.86. The van der Waals surface area contributed by atoms with Crippen molar-refractivity contribution < 1.29 is 4.74 Å². The number of hydrogen-bond acceptors (Lipinski definition) is 2. The summed E-state index contributed by atoms with van der Waals surface area (Å²) in [5, 5.41) is 7.93. The molecular formula is C13H18N2O. The second kappa shape index (κ2) is 5.54. The molecule has 0 atom stereocenters. The minimum Gasteiger partial charge on any atom is -0.486 e. The van der Waals surface area contributed by atoms with E-state index in [-0.39, 0.29) is 0 Å². The Morgan fingerprint density at radius 1 is 1.12 bits per heavy atom. The lowest BCUT2D eigenvalue weighted by molar-refractivity contribution is 0.300. The van der Waals surface area contributed by atoms with E-state index in [9.17, 15) is 0 Å². The highest BCUT2D eigenvalue weighted by molar-refractivity contribution is 5.80. The highest BCUT2D eigenvalue weighted by Crippen LogP contribution is 2.11. The molecule has 2 rings (SSSR count). The van der Waals surface area contributed by atoms with Gasteiger partial charge >= 0.3 is 0 Å². The summed E-state index contributed by atoms with van der Waals surface area (Å²) in [5.74, 6) is 1.44. The first-order valence-corrected chi connectivity index (χ1v) is 5.86. The van der Waals surface area contributed by atoms with Crippen molar-refractivity contribution in [2.45, 2.75) is 19.3 Å². The van der Waals surface area contributed by atoms with Gasteiger partial charge in [-0.3, -0.25) is 5.41 Å². The molecular weight excluding hydrogens is 200 g/mol. The van der Waals surface area contributed by atoms with Gasteiger partial charge in [0, 0.05) is 13.1 Å². The number of benzene rings is 1. The fourth-order valence-electron chi connectivity index (χ4n) is 1.92. The van der Waals surface area contributed by atoms with Crippen LogP contribution < -0.4 is 4.74 Å². The third-order valence-corrected chi connectivity index (χ3v) is 2.86. The fraction of sp³-hybridized carbons (Fsp3) is 0.462. The number of ether oxygens (including phenoxy) is 1. The first-order chi connectivity index (χ1) is 7.86. The number of nitrogens with one attached hydrogen (secondary N) is 1. The Bertz CT molecular complexity index is 331. The zero-order chi connectivity index (χ0) is 11.2. The van der Waals surface area contributed by atoms with Gasteiger partial charge in [0.25, 0.3) is 0 Å². The molecule has 1 aromatic rings. The third kappa shape index (κ3) is 2.99. The summed E-state index contributed by atoms with van der Waals surface area (Å²) in [4.78, 5) is 2.12. The Morgan fingerprint density at radius 2 is 1.81 bits per heavy atom. The van der Waals surface area contributed by atoms with Gasteiger partial charge in [-0.05, 0) is 31.4 Å². The summed E-state index contributed by atoms with van der Waals surface area (Å²) in [7, 11) is 0. The van der Waals surface area contributed by atoms with Crippen LogP contribution in [0.5, 0.6) is 5.75 Å². The Morgan fingerprint density at radius 3 is 2.50 bits per heavy atom. The second-order valence-electron chi connectivity index (χ2n) is 4.10. The van der Waals surface area contributed by atoms with Gasteiger partial charge in [0.2, 0.25) is 0 Å². The van der Waals surface area contributed by atoms with Crippen LogP contribution in [0.2, 0.25) is 0 Å². The second-order valence-corrected chi connectivity index (χ2v) is 4.10. The van der Waals surface area contributed by atoms with Crippen LogP contribution in [0.4, 0.5) is 0 Å². The average Bonchev–Trinajstić information content (AvgIpc) is 2.38. The predicted molar refractivity (Wildman–Crippen MR) is 65.1 cm³/mol. The minimum atomic E-state index is 0.379. The maximum atomic E-state index is 7.93. The standard InChI is InChI=1S/C13H18N2O/c14-13(15-9-5-2-6-10-15)11-16-12-7-3-1-4-8-12/h1,3-4,7-8,14H,2,5-6,9-11H2. The zero-order valence-electron chi connectivity index (χ0n) is 9.48. The van der Waals surface area contributed by atoms with Crippen molar-refractivity contribution >= 4 is 5.84 Å². The van der Waals surface area contributed by atoms with Crippen LogP contribution in [0, 0.1) is 5.41 Å². The van der Waals surface area contributed by atoms with Crippen molar-refractivity contribution in [3.8, 4) is 5.75 Å². The molecule has 3 nitrogen and oxygen atoms in total. The molecule has 16 heavy (non-hydrogen) atoms. The number of rotatable bonds is 3. The Labute approximate surface area is 96.5 Å². The van der Waals surface area contributed by atoms with E-state index < -0.39 is 0 Å². The van der Waals surface area contributed by atoms with Gasteiger partial charge in [0.15, 0.2) is 0 Å². The van der Waals surface area contributed by atoms with E-state index in [1.165, 1.54) is 19.3 Å². The van der Waals surface area contributed by atoms with Crippen molar-refractivity contribution in [1.29, 1.82) is 5.41 Å². The zero-order valence-corrected chi connectivity index (χ0v) is 9.48. The van der Waals surface area contributed by atoms with Crippen molar-refractivity contribution in [2.75, 3.05) is 19.7 Å². The fourth-order valence-corrected chi connectivity index (χ4v) is 1.92. The molecule has 0 aromatic heterocycles. The van der Waals surface area contributed by atoms with Crippen LogP contribution in [0.1, 0.15) is 19.3 Å². The van der Waals surface area contributed by atoms with E-state index in [1.807, 2.05) is 30.3 Å². The molecule has 1 N–H and O–H groups in total. The summed E-state index contributed by atoms with van der Waals surface area (Å²) >= 11 is 0. The number of likely N-dealkylation sites (tertiary alicyclic amines) is 1. The Hall–Kier alpha value is -1.51. The van der Waals surface area contributed by atoms with Gasteiger partial charge in [0.1, 0.15) is 18.2 Å². The largest absolute Gasteiger partial charge is 0.486 e. The summed E-state index contributed by atoms with van der Waals surface area (Å²) in [6.07, 6.45) is 3.70. The number of hydrogen-bond donors (Lipinski definition) is 1. The molecule has 1 heterocycles. The molecule has 1 aliphatic heterocycles. The first kappa shape index (κ1) is 11.0. The lowest BCUT2D eigenvalue weighted by Crippen LogP contribution is -2.38. The van der Waals surface area contributed by atoms with Crippen LogP contribution >= 0.6 is 0 Å². The number of amidine groups is 1. The summed E-state index contributed by atoms with van der Waals surface area (Å²) in [6, 6.07) is 9.69. The van der Waals surface area contributed by atoms with Gasteiger partial charge in [-0.15, -0.1) is 0 Å². The van der Waals surface area contributed by atoms with Crippen LogP contribution in [0.25, 0.3) is 0 Å². The average molecular weight is 218 g/mol. The van der Waals surface area contributed by atoms with E-state index in [0.717, 1.165) is 18.8 Å². The molecule has 0 bridgehead atoms. The van der Waals surface area contributed by atoms with E-state index >= 15 is 0 Å². The number of piperidine rings is 1. The van der Waals surface area contributed by atoms with Gasteiger partial charge in [-0.2, -0.15) is 0 Å². The summed E-state index contributed by atoms with van der Waals surface area (Å²) < 4.78 is 5.55. The van der Waals surface area contributed by atoms with E-state index in [0.29, 0.717) is 12.4 Å². The Kier molecular flexibility index (Phi) is 3.81. The van der Waals surface area contributed by atoms with Crippen LogP contribution in [0.15, 0.2) is 30.3 Å². The van der Waals surface area contributed by atoms with E-state index in [4.69, 9.17) is 10.1 Å². The summed E-state index contributed by atoms with van der Waals surface area (Å²) in [6.45, 7) is 2.40. The molecule has 0 aliphatic carbocycles. The van der Waals surface area contributed by atoms with Crippen LogP contribution in [0.3, 0.4) is 0 Å². The Balaban J connectivity index is 1.79. The molecule has 0 saturated carbocycles. The normalized spacial score (nSPS) is 15.9. The van der Waals surface area contributed by atoms with Crippen LogP contribution in [-0.2, 0) is 0 Å². The lowest BCUT2D eigenvalue weighted by atomic mass is 10.1. The van der Waals surface area contributed by atoms with Gasteiger partial charge in [0.05, 0.1) is 0 Å². The number of nitrogens with zero attached hydrogens (tertiary/aromatic N) is 1. The maximum absolute atomic E-state index is 7.93. The molecule has 1 aliphatic rings. The van der Waals surface area contributed by atoms with Gasteiger partial charge in [-0.1, -0.05) is 18.2 Å². The molecule has 0 unspecified atom stereocenters. The molecule has 1 saturated heterocycles. The summed E-state index contributed by atoms with van der Waals surface area (Å²) in [5.41, 5.74) is 0.